The summed E-state index contributed by atoms with van der Waals surface area (Å²) >= 11 is 6.05. The maximum Gasteiger partial charge on any atom is 0.243 e. The third-order valence-electron chi connectivity index (χ3n) is 5.50. The van der Waals surface area contributed by atoms with Crippen LogP contribution >= 0.6 is 11.6 Å². The Hall–Kier alpha value is -2.58. The van der Waals surface area contributed by atoms with Gasteiger partial charge in [-0.15, -0.1) is 0 Å². The van der Waals surface area contributed by atoms with Crippen molar-refractivity contribution in [1.82, 2.24) is 10.2 Å². The van der Waals surface area contributed by atoms with Crippen LogP contribution in [0.25, 0.3) is 0 Å². The molecule has 2 rings (SSSR count). The number of amides is 2. The predicted molar refractivity (Wildman–Crippen MR) is 142 cm³/mol. The zero-order valence-electron chi connectivity index (χ0n) is 21.1. The fraction of sp³-hybridized carbons (Fsp3) is 0.462. The third kappa shape index (κ3) is 8.85. The monoisotopic (exact) mass is 521 g/mol. The average molecular weight is 522 g/mol. The Morgan fingerprint density at radius 3 is 2.34 bits per heavy atom. The lowest BCUT2D eigenvalue weighted by Crippen LogP contribution is -2.50. The second-order valence-corrected chi connectivity index (χ2v) is 11.4. The summed E-state index contributed by atoms with van der Waals surface area (Å²) in [4.78, 5) is 27.9. The number of halogens is 1. The molecule has 0 aliphatic heterocycles. The summed E-state index contributed by atoms with van der Waals surface area (Å²) < 4.78 is 26.1. The number of sulfonamides is 1. The number of rotatable bonds is 12. The van der Waals surface area contributed by atoms with Gasteiger partial charge in [0.2, 0.25) is 21.8 Å². The minimum atomic E-state index is -3.57. The molecule has 35 heavy (non-hydrogen) atoms. The molecule has 0 spiro atoms. The lowest BCUT2D eigenvalue weighted by atomic mass is 10.1. The largest absolute Gasteiger partial charge is 0.352 e. The van der Waals surface area contributed by atoms with Gasteiger partial charge in [0, 0.05) is 30.6 Å². The van der Waals surface area contributed by atoms with Gasteiger partial charge in [-0.2, -0.15) is 0 Å². The van der Waals surface area contributed by atoms with Gasteiger partial charge in [-0.25, -0.2) is 8.42 Å². The standard InChI is InChI=1S/C26H36ClN3O4S/c1-6-24(26(32)28-19(2)3)29(18-21-11-7-10-20(4)16-21)25(31)14-9-15-30(35(5,33)34)23-13-8-12-22(27)17-23/h7-8,10-13,16-17,19,24H,6,9,14-15,18H2,1-5H3,(H,28,32)/t24-/m1/s1. The summed E-state index contributed by atoms with van der Waals surface area (Å²) in [5.74, 6) is -0.392. The fourth-order valence-corrected chi connectivity index (χ4v) is 5.08. The molecule has 0 aromatic heterocycles. The summed E-state index contributed by atoms with van der Waals surface area (Å²) in [5.41, 5.74) is 2.46. The number of hydrogen-bond donors (Lipinski definition) is 1. The highest BCUT2D eigenvalue weighted by Gasteiger charge is 2.29. The number of hydrogen-bond acceptors (Lipinski definition) is 4. The number of carbonyl (C=O) groups excluding carboxylic acids is 2. The van der Waals surface area contributed by atoms with E-state index in [1.54, 1.807) is 29.2 Å². The van der Waals surface area contributed by atoms with Gasteiger partial charge >= 0.3 is 0 Å². The second-order valence-electron chi connectivity index (χ2n) is 9.02. The van der Waals surface area contributed by atoms with Crippen LogP contribution in [0.1, 0.15) is 51.2 Å². The fourth-order valence-electron chi connectivity index (χ4n) is 3.94. The molecule has 1 N–H and O–H groups in total. The molecule has 1 atom stereocenters. The van der Waals surface area contributed by atoms with E-state index in [1.165, 1.54) is 4.31 Å². The molecule has 0 heterocycles. The Labute approximate surface area is 214 Å². The summed E-state index contributed by atoms with van der Waals surface area (Å²) in [6, 6.07) is 13.8. The van der Waals surface area contributed by atoms with E-state index in [1.807, 2.05) is 52.0 Å². The Morgan fingerprint density at radius 2 is 1.77 bits per heavy atom. The first-order valence-corrected chi connectivity index (χ1v) is 14.0. The Morgan fingerprint density at radius 1 is 1.09 bits per heavy atom. The van der Waals surface area contributed by atoms with Crippen molar-refractivity contribution in [3.63, 3.8) is 0 Å². The minimum absolute atomic E-state index is 0.0477. The quantitative estimate of drug-likeness (QED) is 0.444. The molecular formula is C26H36ClN3O4S. The molecule has 0 saturated carbocycles. The van der Waals surface area contributed by atoms with E-state index in [9.17, 15) is 18.0 Å². The van der Waals surface area contributed by atoms with Crippen LogP contribution in [0.5, 0.6) is 0 Å². The van der Waals surface area contributed by atoms with Gasteiger partial charge in [0.1, 0.15) is 6.04 Å². The maximum atomic E-state index is 13.4. The van der Waals surface area contributed by atoms with Gasteiger partial charge < -0.3 is 10.2 Å². The topological polar surface area (TPSA) is 86.8 Å². The van der Waals surface area contributed by atoms with Crippen LogP contribution in [0.4, 0.5) is 5.69 Å². The molecule has 9 heteroatoms. The SMILES string of the molecule is CC[C@H](C(=O)NC(C)C)N(Cc1cccc(C)c1)C(=O)CCCN(c1cccc(Cl)c1)S(C)(=O)=O. The van der Waals surface area contributed by atoms with Crippen molar-refractivity contribution in [2.45, 2.75) is 65.6 Å². The number of aryl methyl sites for hydroxylation is 1. The van der Waals surface area contributed by atoms with E-state index in [2.05, 4.69) is 5.32 Å². The van der Waals surface area contributed by atoms with E-state index in [-0.39, 0.29) is 30.8 Å². The first-order valence-electron chi connectivity index (χ1n) is 11.8. The summed E-state index contributed by atoms with van der Waals surface area (Å²) in [6.07, 6.45) is 1.99. The Bertz CT molecular complexity index is 1120. The summed E-state index contributed by atoms with van der Waals surface area (Å²) in [6.45, 7) is 8.05. The molecule has 0 aliphatic rings. The molecule has 2 aromatic carbocycles. The number of nitrogens with zero attached hydrogens (tertiary/aromatic N) is 2. The highest BCUT2D eigenvalue weighted by molar-refractivity contribution is 7.92. The molecule has 192 valence electrons. The van der Waals surface area contributed by atoms with Crippen molar-refractivity contribution < 1.29 is 18.0 Å². The van der Waals surface area contributed by atoms with Crippen LogP contribution in [-0.2, 0) is 26.2 Å². The Balaban J connectivity index is 2.22. The second kappa shape index (κ2) is 12.9. The number of anilines is 1. The van der Waals surface area contributed by atoms with Crippen LogP contribution in [0, 0.1) is 6.92 Å². The molecule has 0 radical (unpaired) electrons. The smallest absolute Gasteiger partial charge is 0.243 e. The van der Waals surface area contributed by atoms with Crippen molar-refractivity contribution in [3.05, 3.63) is 64.7 Å². The van der Waals surface area contributed by atoms with Gasteiger partial charge in [0.05, 0.1) is 11.9 Å². The molecular weight excluding hydrogens is 486 g/mol. The van der Waals surface area contributed by atoms with Gasteiger partial charge in [-0.3, -0.25) is 13.9 Å². The van der Waals surface area contributed by atoms with Crippen LogP contribution in [0.3, 0.4) is 0 Å². The normalized spacial score (nSPS) is 12.3. The van der Waals surface area contributed by atoms with E-state index in [0.29, 0.717) is 30.1 Å². The van der Waals surface area contributed by atoms with Crippen molar-refractivity contribution >= 4 is 39.1 Å². The zero-order chi connectivity index (χ0) is 26.2. The van der Waals surface area contributed by atoms with Crippen molar-refractivity contribution in [2.75, 3.05) is 17.1 Å². The highest BCUT2D eigenvalue weighted by Crippen LogP contribution is 2.23. The molecule has 0 unspecified atom stereocenters. The molecule has 0 fully saturated rings. The molecule has 0 aliphatic carbocycles. The van der Waals surface area contributed by atoms with Crippen LogP contribution < -0.4 is 9.62 Å². The minimum Gasteiger partial charge on any atom is -0.352 e. The molecule has 0 bridgehead atoms. The zero-order valence-corrected chi connectivity index (χ0v) is 22.7. The number of nitrogens with one attached hydrogen (secondary N) is 1. The average Bonchev–Trinajstić information content (AvgIpc) is 2.75. The van der Waals surface area contributed by atoms with Crippen molar-refractivity contribution in [2.24, 2.45) is 0 Å². The van der Waals surface area contributed by atoms with Gasteiger partial charge in [0.15, 0.2) is 0 Å². The molecule has 2 aromatic rings. The van der Waals surface area contributed by atoms with Crippen molar-refractivity contribution in [3.8, 4) is 0 Å². The van der Waals surface area contributed by atoms with Gasteiger partial charge in [0.25, 0.3) is 0 Å². The van der Waals surface area contributed by atoms with Crippen LogP contribution in [0.2, 0.25) is 5.02 Å². The van der Waals surface area contributed by atoms with E-state index >= 15 is 0 Å². The van der Waals surface area contributed by atoms with Gasteiger partial charge in [-0.1, -0.05) is 54.4 Å². The van der Waals surface area contributed by atoms with Gasteiger partial charge in [-0.05, 0) is 57.4 Å². The van der Waals surface area contributed by atoms with E-state index in [4.69, 9.17) is 11.6 Å². The molecule has 0 saturated heterocycles. The highest BCUT2D eigenvalue weighted by atomic mass is 35.5. The predicted octanol–water partition coefficient (Wildman–Crippen LogP) is 4.53. The Kier molecular flexibility index (Phi) is 10.6. The first kappa shape index (κ1) is 28.7. The third-order valence-corrected chi connectivity index (χ3v) is 6.93. The molecule has 7 nitrogen and oxygen atoms in total. The lowest BCUT2D eigenvalue weighted by molar-refractivity contribution is -0.141. The number of benzene rings is 2. The molecule has 2 amide bonds. The summed E-state index contributed by atoms with van der Waals surface area (Å²) in [5, 5.41) is 3.34. The number of carbonyl (C=O) groups is 2. The van der Waals surface area contributed by atoms with Crippen LogP contribution in [0.15, 0.2) is 48.5 Å². The summed E-state index contributed by atoms with van der Waals surface area (Å²) in [7, 11) is -3.57. The van der Waals surface area contributed by atoms with Crippen LogP contribution in [-0.4, -0.2) is 50.0 Å². The first-order chi connectivity index (χ1) is 16.4. The van der Waals surface area contributed by atoms with E-state index in [0.717, 1.165) is 17.4 Å². The lowest BCUT2D eigenvalue weighted by Gasteiger charge is -2.31. The maximum absolute atomic E-state index is 13.4. The van der Waals surface area contributed by atoms with Crippen molar-refractivity contribution in [1.29, 1.82) is 0 Å². The van der Waals surface area contributed by atoms with E-state index < -0.39 is 16.1 Å².